The Hall–Kier alpha value is 0.660. The molecule has 0 aliphatic carbocycles. The molecule has 3 saturated heterocycles. The van der Waals surface area contributed by atoms with Gasteiger partial charge in [-0.3, -0.25) is 0 Å². The fourth-order valence-electron chi connectivity index (χ4n) is 1.49. The van der Waals surface area contributed by atoms with Gasteiger partial charge in [0.1, 0.15) is 0 Å². The number of hydrogen-bond acceptors (Lipinski definition) is 2. The molecule has 3 aliphatic rings. The van der Waals surface area contributed by atoms with Crippen molar-refractivity contribution in [1.82, 2.24) is 0 Å². The van der Waals surface area contributed by atoms with Gasteiger partial charge >= 0.3 is 0 Å². The van der Waals surface area contributed by atoms with Crippen LogP contribution in [0.2, 0.25) is 0 Å². The third-order valence-electron chi connectivity index (χ3n) is 2.41. The van der Waals surface area contributed by atoms with Crippen LogP contribution in [0.25, 0.3) is 0 Å². The highest BCUT2D eigenvalue weighted by molar-refractivity contribution is 8.30. The van der Waals surface area contributed by atoms with Crippen LogP contribution in [0.3, 0.4) is 0 Å². The number of thioether (sulfide) groups is 1. The lowest BCUT2D eigenvalue weighted by Crippen LogP contribution is -2.32. The largest absolute Gasteiger partial charge is 0.615 e. The second kappa shape index (κ2) is 1.83. The van der Waals surface area contributed by atoms with Gasteiger partial charge < -0.3 is 4.55 Å². The van der Waals surface area contributed by atoms with Crippen molar-refractivity contribution in [2.45, 2.75) is 23.0 Å². The van der Waals surface area contributed by atoms with Crippen LogP contribution in [0.15, 0.2) is 0 Å². The van der Waals surface area contributed by atoms with E-state index in [0.717, 1.165) is 0 Å². The van der Waals surface area contributed by atoms with E-state index in [1.807, 2.05) is 11.8 Å². The van der Waals surface area contributed by atoms with Crippen LogP contribution in [-0.4, -0.2) is 13.7 Å². The first kappa shape index (κ1) is 6.38. The summed E-state index contributed by atoms with van der Waals surface area (Å²) < 4.78 is 12.1. The van der Waals surface area contributed by atoms with E-state index in [0.29, 0.717) is 21.0 Å². The van der Waals surface area contributed by atoms with Gasteiger partial charge in [0.2, 0.25) is 0 Å². The maximum atomic E-state index is 11.1. The highest BCUT2D eigenvalue weighted by atomic mass is 32.3. The molecule has 9 heavy (non-hydrogen) atoms. The fraction of sp³-hybridized carbons (Fsp3) is 1.00. The average molecular weight is 162 g/mol. The van der Waals surface area contributed by atoms with Crippen molar-refractivity contribution < 1.29 is 4.55 Å². The molecular weight excluding hydrogens is 152 g/mol. The number of rotatable bonds is 0. The topological polar surface area (TPSA) is 23.1 Å². The van der Waals surface area contributed by atoms with Gasteiger partial charge in [0.05, 0.1) is 0 Å². The molecule has 0 aromatic heterocycles. The molecule has 3 aliphatic heterocycles. The number of fused-ring (bicyclic) bond motifs is 1. The van der Waals surface area contributed by atoms with E-state index in [2.05, 4.69) is 13.8 Å². The molecule has 3 fully saturated rings. The Bertz CT molecular complexity index is 121. The highest BCUT2D eigenvalue weighted by Crippen LogP contribution is 2.58. The van der Waals surface area contributed by atoms with E-state index < -0.39 is 11.2 Å². The van der Waals surface area contributed by atoms with Crippen molar-refractivity contribution >= 4 is 22.9 Å². The van der Waals surface area contributed by atoms with Crippen LogP contribution in [0.1, 0.15) is 13.8 Å². The van der Waals surface area contributed by atoms with Crippen LogP contribution in [-0.2, 0) is 11.2 Å². The molecule has 1 nitrogen and oxygen atoms in total. The zero-order valence-electron chi connectivity index (χ0n) is 5.53. The molecule has 4 unspecified atom stereocenters. The first-order valence-corrected chi connectivity index (χ1v) is 5.48. The van der Waals surface area contributed by atoms with Crippen molar-refractivity contribution in [3.8, 4) is 0 Å². The van der Waals surface area contributed by atoms with E-state index in [9.17, 15) is 4.55 Å². The van der Waals surface area contributed by atoms with Crippen molar-refractivity contribution in [2.75, 3.05) is 0 Å². The summed E-state index contributed by atoms with van der Waals surface area (Å²) in [6.07, 6.45) is 0. The second-order valence-corrected chi connectivity index (χ2v) is 6.48. The molecule has 0 amide bonds. The third-order valence-corrected chi connectivity index (χ3v) is 7.39. The van der Waals surface area contributed by atoms with Crippen LogP contribution in [0, 0.1) is 11.8 Å². The normalized spacial score (nSPS) is 63.7. The molecule has 3 rings (SSSR count). The summed E-state index contributed by atoms with van der Waals surface area (Å²) >= 11 is 1.45. The van der Waals surface area contributed by atoms with E-state index in [4.69, 9.17) is 0 Å². The summed E-state index contributed by atoms with van der Waals surface area (Å²) in [5.41, 5.74) is 0. The first-order chi connectivity index (χ1) is 4.22. The fourth-order valence-corrected chi connectivity index (χ4v) is 5.84. The van der Waals surface area contributed by atoms with Gasteiger partial charge in [0, 0.05) is 11.8 Å². The Morgan fingerprint density at radius 3 is 1.78 bits per heavy atom. The average Bonchev–Trinajstić information content (AvgIpc) is 2.18. The monoisotopic (exact) mass is 162 g/mol. The van der Waals surface area contributed by atoms with E-state index in [-0.39, 0.29) is 0 Å². The van der Waals surface area contributed by atoms with Gasteiger partial charge in [0.25, 0.3) is 0 Å². The lowest BCUT2D eigenvalue weighted by molar-refractivity contribution is 0.491. The predicted molar refractivity (Wildman–Crippen MR) is 41.6 cm³/mol. The quantitative estimate of drug-likeness (QED) is 0.503. The van der Waals surface area contributed by atoms with E-state index in [1.54, 1.807) is 0 Å². The molecule has 4 atom stereocenters. The summed E-state index contributed by atoms with van der Waals surface area (Å²) in [5.74, 6) is 1.39. The number of hydrogen-bond donors (Lipinski definition) is 0. The maximum absolute atomic E-state index is 11.1. The summed E-state index contributed by atoms with van der Waals surface area (Å²) in [5, 5.41) is 0. The molecule has 0 aromatic rings. The Morgan fingerprint density at radius 1 is 1.22 bits per heavy atom. The molecular formula is C6H10OS2. The Labute approximate surface area is 62.8 Å². The molecule has 0 radical (unpaired) electrons. The van der Waals surface area contributed by atoms with Crippen LogP contribution in [0.4, 0.5) is 0 Å². The van der Waals surface area contributed by atoms with E-state index in [1.165, 1.54) is 0 Å². The van der Waals surface area contributed by atoms with Gasteiger partial charge in [-0.15, -0.1) is 0 Å². The molecule has 2 bridgehead atoms. The van der Waals surface area contributed by atoms with Crippen LogP contribution in [0.5, 0.6) is 0 Å². The van der Waals surface area contributed by atoms with E-state index >= 15 is 0 Å². The zero-order chi connectivity index (χ0) is 6.59. The summed E-state index contributed by atoms with van der Waals surface area (Å²) in [4.78, 5) is 0. The summed E-state index contributed by atoms with van der Waals surface area (Å²) in [7, 11) is 0. The summed E-state index contributed by atoms with van der Waals surface area (Å²) in [6, 6.07) is 0. The van der Waals surface area contributed by atoms with Crippen molar-refractivity contribution in [2.24, 2.45) is 11.8 Å². The minimum Gasteiger partial charge on any atom is -0.615 e. The summed E-state index contributed by atoms with van der Waals surface area (Å²) in [6.45, 7) is 4.43. The smallest absolute Gasteiger partial charge is 0.169 e. The molecule has 3 heteroatoms. The predicted octanol–water partition coefficient (Wildman–Crippen LogP) is 1.42. The van der Waals surface area contributed by atoms with Crippen molar-refractivity contribution in [3.63, 3.8) is 0 Å². The second-order valence-electron chi connectivity index (χ2n) is 2.92. The Kier molecular flexibility index (Phi) is 1.30. The molecule has 0 N–H and O–H groups in total. The van der Waals surface area contributed by atoms with Crippen molar-refractivity contribution in [1.29, 1.82) is 0 Å². The molecule has 0 aromatic carbocycles. The minimum atomic E-state index is -0.468. The van der Waals surface area contributed by atoms with Gasteiger partial charge in [0.15, 0.2) is 9.16 Å². The Morgan fingerprint density at radius 2 is 1.67 bits per heavy atom. The minimum absolute atomic E-state index is 0.468. The lowest BCUT2D eigenvalue weighted by Gasteiger charge is -2.28. The third kappa shape index (κ3) is 0.632. The van der Waals surface area contributed by atoms with Crippen molar-refractivity contribution in [3.05, 3.63) is 0 Å². The Balaban J connectivity index is 2.18. The van der Waals surface area contributed by atoms with Gasteiger partial charge in [-0.05, 0) is 22.9 Å². The van der Waals surface area contributed by atoms with Gasteiger partial charge in [-0.2, -0.15) is 0 Å². The molecule has 0 spiro atoms. The standard InChI is InChI=1S/C6H10OS2/c1-3-4(2)6-8-5(3)9(6)7/h3-6H,1-2H3. The molecule has 52 valence electrons. The molecule has 0 saturated carbocycles. The van der Waals surface area contributed by atoms with Crippen LogP contribution < -0.4 is 0 Å². The first-order valence-electron chi connectivity index (χ1n) is 3.26. The SMILES string of the molecule is CC1C(C)C2SC1[S+]2[O-]. The highest BCUT2D eigenvalue weighted by Gasteiger charge is 2.61. The lowest BCUT2D eigenvalue weighted by atomic mass is 10.0. The maximum Gasteiger partial charge on any atom is 0.169 e. The zero-order valence-corrected chi connectivity index (χ0v) is 7.17. The van der Waals surface area contributed by atoms with Crippen LogP contribution >= 0.6 is 11.8 Å². The van der Waals surface area contributed by atoms with Gasteiger partial charge in [-0.1, -0.05) is 13.8 Å². The van der Waals surface area contributed by atoms with Gasteiger partial charge in [-0.25, -0.2) is 0 Å². The molecule has 3 heterocycles.